The fourth-order valence-electron chi connectivity index (χ4n) is 1.73. The molecule has 0 saturated carbocycles. The minimum absolute atomic E-state index is 0.321. The Hall–Kier alpha value is -2.08. The van der Waals surface area contributed by atoms with E-state index in [1.54, 1.807) is 29.2 Å². The van der Waals surface area contributed by atoms with Crippen LogP contribution in [0.15, 0.2) is 36.7 Å². The second kappa shape index (κ2) is 6.19. The third kappa shape index (κ3) is 3.69. The molecule has 0 radical (unpaired) electrons. The molecule has 6 heteroatoms. The number of nitrogens with zero attached hydrogens (tertiary/aromatic N) is 2. The van der Waals surface area contributed by atoms with Gasteiger partial charge >= 0.3 is 0 Å². The quantitative estimate of drug-likeness (QED) is 0.831. The van der Waals surface area contributed by atoms with Crippen LogP contribution in [0.3, 0.4) is 0 Å². The fourth-order valence-corrected chi connectivity index (χ4v) is 1.73. The summed E-state index contributed by atoms with van der Waals surface area (Å²) in [7, 11) is 1.47. The molecule has 102 valence electrons. The van der Waals surface area contributed by atoms with Gasteiger partial charge in [0.25, 0.3) is 0 Å². The molecule has 1 atom stereocenters. The van der Waals surface area contributed by atoms with Crippen molar-refractivity contribution in [3.63, 3.8) is 0 Å². The number of hydrogen-bond donors (Lipinski definition) is 2. The molecule has 0 spiro atoms. The van der Waals surface area contributed by atoms with Crippen molar-refractivity contribution < 1.29 is 14.2 Å². The summed E-state index contributed by atoms with van der Waals surface area (Å²) in [5, 5.41) is 16.9. The van der Waals surface area contributed by atoms with Gasteiger partial charge in [-0.15, -0.1) is 0 Å². The number of aromatic nitrogens is 2. The fraction of sp³-hybridized carbons (Fsp3) is 0.308. The monoisotopic (exact) mass is 265 g/mol. The third-order valence-electron chi connectivity index (χ3n) is 2.65. The van der Waals surface area contributed by atoms with E-state index < -0.39 is 6.10 Å². The van der Waals surface area contributed by atoms with E-state index in [0.29, 0.717) is 24.5 Å². The van der Waals surface area contributed by atoms with Gasteiger partial charge < -0.3 is 15.2 Å². The summed E-state index contributed by atoms with van der Waals surface area (Å²) in [6, 6.07) is 6.00. The number of nitrogens with one attached hydrogen (secondary N) is 1. The van der Waals surface area contributed by atoms with E-state index in [9.17, 15) is 9.50 Å². The van der Waals surface area contributed by atoms with E-state index in [-0.39, 0.29) is 5.82 Å². The largest absolute Gasteiger partial charge is 0.494 e. The number of rotatable bonds is 6. The highest BCUT2D eigenvalue weighted by Gasteiger charge is 2.08. The zero-order chi connectivity index (χ0) is 13.7. The maximum atomic E-state index is 13.0. The molecule has 0 fully saturated rings. The number of benzene rings is 1. The van der Waals surface area contributed by atoms with Crippen molar-refractivity contribution in [2.75, 3.05) is 19.0 Å². The van der Waals surface area contributed by atoms with E-state index in [4.69, 9.17) is 4.74 Å². The van der Waals surface area contributed by atoms with Gasteiger partial charge in [-0.05, 0) is 18.2 Å². The predicted octanol–water partition coefficient (Wildman–Crippen LogP) is 1.50. The second-order valence-electron chi connectivity index (χ2n) is 4.11. The lowest BCUT2D eigenvalue weighted by molar-refractivity contribution is 0.161. The van der Waals surface area contributed by atoms with E-state index in [1.165, 1.54) is 19.2 Å². The maximum absolute atomic E-state index is 13.0. The molecule has 0 bridgehead atoms. The van der Waals surface area contributed by atoms with Gasteiger partial charge in [0.05, 0.1) is 25.4 Å². The van der Waals surface area contributed by atoms with Gasteiger partial charge in [0, 0.05) is 25.0 Å². The Bertz CT molecular complexity index is 517. The van der Waals surface area contributed by atoms with Crippen LogP contribution >= 0.6 is 0 Å². The van der Waals surface area contributed by atoms with Crippen molar-refractivity contribution in [2.24, 2.45) is 0 Å². The van der Waals surface area contributed by atoms with Crippen molar-refractivity contribution in [2.45, 2.75) is 12.6 Å². The van der Waals surface area contributed by atoms with Crippen LogP contribution < -0.4 is 10.1 Å². The average Bonchev–Trinajstić information content (AvgIpc) is 2.90. The lowest BCUT2D eigenvalue weighted by atomic mass is 10.2. The average molecular weight is 265 g/mol. The van der Waals surface area contributed by atoms with Crippen molar-refractivity contribution in [3.05, 3.63) is 42.5 Å². The topological polar surface area (TPSA) is 59.3 Å². The Morgan fingerprint density at radius 2 is 2.37 bits per heavy atom. The Morgan fingerprint density at radius 1 is 1.53 bits per heavy atom. The van der Waals surface area contributed by atoms with Crippen molar-refractivity contribution in [1.82, 2.24) is 9.78 Å². The van der Waals surface area contributed by atoms with Crippen LogP contribution in [0.2, 0.25) is 0 Å². The molecule has 2 N–H and O–H groups in total. The van der Waals surface area contributed by atoms with Gasteiger partial charge in [-0.2, -0.15) is 5.10 Å². The van der Waals surface area contributed by atoms with Crippen LogP contribution in [0, 0.1) is 5.82 Å². The molecular formula is C13H16FN3O2. The van der Waals surface area contributed by atoms with E-state index >= 15 is 0 Å². The molecule has 0 saturated heterocycles. The standard InChI is InChI=1S/C13H16FN3O2/c1-19-13-7-10(14)3-4-12(13)15-8-11(18)9-17-6-2-5-16-17/h2-7,11,15,18H,8-9H2,1H3. The van der Waals surface area contributed by atoms with Crippen LogP contribution in [0.4, 0.5) is 10.1 Å². The molecular weight excluding hydrogens is 249 g/mol. The number of methoxy groups -OCH3 is 1. The first-order valence-corrected chi connectivity index (χ1v) is 5.92. The summed E-state index contributed by atoms with van der Waals surface area (Å²) in [4.78, 5) is 0. The number of hydrogen-bond acceptors (Lipinski definition) is 4. The summed E-state index contributed by atoms with van der Waals surface area (Å²) < 4.78 is 19.7. The van der Waals surface area contributed by atoms with Gasteiger partial charge in [0.15, 0.2) is 0 Å². The van der Waals surface area contributed by atoms with Crippen LogP contribution in [0.25, 0.3) is 0 Å². The van der Waals surface area contributed by atoms with Crippen LogP contribution in [0.1, 0.15) is 0 Å². The number of aliphatic hydroxyl groups excluding tert-OH is 1. The molecule has 1 unspecified atom stereocenters. The highest BCUT2D eigenvalue weighted by atomic mass is 19.1. The molecule has 1 aromatic carbocycles. The van der Waals surface area contributed by atoms with Gasteiger partial charge in [-0.25, -0.2) is 4.39 Å². The van der Waals surface area contributed by atoms with Crippen molar-refractivity contribution in [1.29, 1.82) is 0 Å². The maximum Gasteiger partial charge on any atom is 0.144 e. The molecule has 2 aromatic rings. The van der Waals surface area contributed by atoms with Crippen LogP contribution in [-0.4, -0.2) is 34.6 Å². The first-order valence-electron chi connectivity index (χ1n) is 5.92. The second-order valence-corrected chi connectivity index (χ2v) is 4.11. The zero-order valence-electron chi connectivity index (χ0n) is 10.6. The van der Waals surface area contributed by atoms with E-state index in [1.807, 2.05) is 0 Å². The van der Waals surface area contributed by atoms with Gasteiger partial charge in [0.1, 0.15) is 11.6 Å². The highest BCUT2D eigenvalue weighted by Crippen LogP contribution is 2.24. The number of halogens is 1. The molecule has 1 heterocycles. The van der Waals surface area contributed by atoms with Gasteiger partial charge in [-0.1, -0.05) is 0 Å². The summed E-state index contributed by atoms with van der Waals surface area (Å²) in [5.74, 6) is 0.0470. The van der Waals surface area contributed by atoms with Crippen molar-refractivity contribution in [3.8, 4) is 5.75 Å². The number of aliphatic hydroxyl groups is 1. The third-order valence-corrected chi connectivity index (χ3v) is 2.65. The number of ether oxygens (including phenoxy) is 1. The Kier molecular flexibility index (Phi) is 4.35. The Balaban J connectivity index is 1.91. The van der Waals surface area contributed by atoms with Gasteiger partial charge in [0.2, 0.25) is 0 Å². The Labute approximate surface area is 110 Å². The molecule has 0 aliphatic carbocycles. The summed E-state index contributed by atoms with van der Waals surface area (Å²) in [6.45, 7) is 0.714. The summed E-state index contributed by atoms with van der Waals surface area (Å²) in [5.41, 5.74) is 0.642. The summed E-state index contributed by atoms with van der Waals surface area (Å²) >= 11 is 0. The first-order chi connectivity index (χ1) is 9.19. The van der Waals surface area contributed by atoms with E-state index in [0.717, 1.165) is 0 Å². The predicted molar refractivity (Wildman–Crippen MR) is 69.7 cm³/mol. The van der Waals surface area contributed by atoms with Crippen molar-refractivity contribution >= 4 is 5.69 Å². The Morgan fingerprint density at radius 3 is 3.05 bits per heavy atom. The van der Waals surface area contributed by atoms with Crippen LogP contribution in [0.5, 0.6) is 5.75 Å². The molecule has 0 aliphatic rings. The number of anilines is 1. The molecule has 19 heavy (non-hydrogen) atoms. The zero-order valence-corrected chi connectivity index (χ0v) is 10.6. The lowest BCUT2D eigenvalue weighted by Gasteiger charge is -2.15. The SMILES string of the molecule is COc1cc(F)ccc1NCC(O)Cn1cccn1. The molecule has 0 aliphatic heterocycles. The van der Waals surface area contributed by atoms with Gasteiger partial charge in [-0.3, -0.25) is 4.68 Å². The van der Waals surface area contributed by atoms with Crippen LogP contribution in [-0.2, 0) is 6.54 Å². The van der Waals surface area contributed by atoms with E-state index in [2.05, 4.69) is 10.4 Å². The minimum atomic E-state index is -0.602. The highest BCUT2D eigenvalue weighted by molar-refractivity contribution is 5.56. The summed E-state index contributed by atoms with van der Waals surface area (Å²) in [6.07, 6.45) is 2.83. The molecule has 1 aromatic heterocycles. The molecule has 5 nitrogen and oxygen atoms in total. The first kappa shape index (κ1) is 13.4. The molecule has 0 amide bonds. The normalized spacial score (nSPS) is 12.2. The smallest absolute Gasteiger partial charge is 0.144 e. The lowest BCUT2D eigenvalue weighted by Crippen LogP contribution is -2.25. The minimum Gasteiger partial charge on any atom is -0.494 e. The molecule has 2 rings (SSSR count).